The van der Waals surface area contributed by atoms with E-state index in [4.69, 9.17) is 5.11 Å². The van der Waals surface area contributed by atoms with Crippen molar-refractivity contribution in [2.45, 2.75) is 27.3 Å². The smallest absolute Gasteiger partial charge is 0.347 e. The second kappa shape index (κ2) is 5.58. The Hall–Kier alpha value is -1.69. The fourth-order valence-electron chi connectivity index (χ4n) is 1.20. The van der Waals surface area contributed by atoms with Crippen LogP contribution in [-0.4, -0.2) is 22.0 Å². The van der Waals surface area contributed by atoms with Gasteiger partial charge in [0.2, 0.25) is 5.91 Å². The number of carbonyl (C=O) groups is 2. The fraction of sp³-hybridized carbons (Fsp3) is 0.364. The summed E-state index contributed by atoms with van der Waals surface area (Å²) in [7, 11) is 0. The first-order chi connectivity index (χ1) is 7.90. The predicted octanol–water partition coefficient (Wildman–Crippen LogP) is 1.73. The molecule has 5 nitrogen and oxygen atoms in total. The van der Waals surface area contributed by atoms with Crippen molar-refractivity contribution >= 4 is 23.2 Å². The van der Waals surface area contributed by atoms with E-state index in [9.17, 15) is 9.59 Å². The number of rotatable bonds is 4. The number of carboxylic acid groups (broad SMARTS) is 1. The summed E-state index contributed by atoms with van der Waals surface area (Å²) in [4.78, 5) is 26.4. The van der Waals surface area contributed by atoms with Gasteiger partial charge in [-0.05, 0) is 20.8 Å². The number of nitrogens with zero attached hydrogens (tertiary/aromatic N) is 1. The molecule has 0 aliphatic carbocycles. The van der Waals surface area contributed by atoms with Crippen molar-refractivity contribution in [1.82, 2.24) is 10.3 Å². The summed E-state index contributed by atoms with van der Waals surface area (Å²) >= 11 is 1.08. The van der Waals surface area contributed by atoms with Crippen molar-refractivity contribution < 1.29 is 14.7 Å². The zero-order valence-electron chi connectivity index (χ0n) is 9.90. The molecule has 17 heavy (non-hydrogen) atoms. The van der Waals surface area contributed by atoms with E-state index in [2.05, 4.69) is 10.3 Å². The van der Waals surface area contributed by atoms with Crippen molar-refractivity contribution in [2.24, 2.45) is 0 Å². The summed E-state index contributed by atoms with van der Waals surface area (Å²) in [5, 5.41) is 12.1. The first kappa shape index (κ1) is 13.4. The van der Waals surface area contributed by atoms with Gasteiger partial charge in [-0.25, -0.2) is 9.78 Å². The molecule has 1 amide bonds. The number of nitrogens with one attached hydrogen (secondary N) is 1. The van der Waals surface area contributed by atoms with Gasteiger partial charge in [-0.1, -0.05) is 5.57 Å². The molecule has 0 unspecified atom stereocenters. The van der Waals surface area contributed by atoms with Crippen molar-refractivity contribution in [1.29, 1.82) is 0 Å². The number of hydrogen-bond donors (Lipinski definition) is 2. The fourth-order valence-corrected chi connectivity index (χ4v) is 2.05. The van der Waals surface area contributed by atoms with Gasteiger partial charge in [0.1, 0.15) is 9.88 Å². The Balaban J connectivity index is 2.65. The van der Waals surface area contributed by atoms with Crippen LogP contribution in [0.15, 0.2) is 11.6 Å². The van der Waals surface area contributed by atoms with E-state index in [1.807, 2.05) is 13.8 Å². The summed E-state index contributed by atoms with van der Waals surface area (Å²) in [6.07, 6.45) is 1.48. The van der Waals surface area contributed by atoms with E-state index in [-0.39, 0.29) is 17.3 Å². The number of amides is 1. The van der Waals surface area contributed by atoms with E-state index < -0.39 is 5.97 Å². The average Bonchev–Trinajstić information content (AvgIpc) is 2.56. The topological polar surface area (TPSA) is 79.3 Å². The molecule has 92 valence electrons. The van der Waals surface area contributed by atoms with Crippen LogP contribution in [0.5, 0.6) is 0 Å². The third-order valence-electron chi connectivity index (χ3n) is 1.87. The highest BCUT2D eigenvalue weighted by molar-refractivity contribution is 7.13. The number of carbonyl (C=O) groups excluding carboxylic acids is 1. The largest absolute Gasteiger partial charge is 0.477 e. The quantitative estimate of drug-likeness (QED) is 0.802. The van der Waals surface area contributed by atoms with Gasteiger partial charge in [-0.2, -0.15) is 0 Å². The van der Waals surface area contributed by atoms with Crippen LogP contribution in [-0.2, 0) is 11.3 Å². The van der Waals surface area contributed by atoms with E-state index in [0.29, 0.717) is 10.7 Å². The Morgan fingerprint density at radius 1 is 1.47 bits per heavy atom. The molecule has 0 spiro atoms. The van der Waals surface area contributed by atoms with Crippen LogP contribution >= 0.6 is 11.3 Å². The molecular formula is C11H14N2O3S. The Morgan fingerprint density at radius 3 is 2.59 bits per heavy atom. The Bertz CT molecular complexity index is 473. The summed E-state index contributed by atoms with van der Waals surface area (Å²) < 4.78 is 0. The third-order valence-corrected chi connectivity index (χ3v) is 3.01. The van der Waals surface area contributed by atoms with Crippen molar-refractivity contribution in [3.8, 4) is 0 Å². The van der Waals surface area contributed by atoms with Gasteiger partial charge in [-0.3, -0.25) is 4.79 Å². The van der Waals surface area contributed by atoms with Gasteiger partial charge < -0.3 is 10.4 Å². The van der Waals surface area contributed by atoms with Crippen molar-refractivity contribution in [2.75, 3.05) is 0 Å². The molecule has 1 aromatic rings. The normalized spacial score (nSPS) is 9.82. The molecule has 0 fully saturated rings. The van der Waals surface area contributed by atoms with Crippen LogP contribution in [0, 0.1) is 6.92 Å². The maximum absolute atomic E-state index is 11.3. The second-order valence-electron chi connectivity index (χ2n) is 3.77. The minimum Gasteiger partial charge on any atom is -0.477 e. The SMILES string of the molecule is CC(C)=CC(=O)NCc1nc(C)c(C(=O)O)s1. The average molecular weight is 254 g/mol. The maximum atomic E-state index is 11.3. The van der Waals surface area contributed by atoms with Gasteiger partial charge >= 0.3 is 5.97 Å². The zero-order valence-corrected chi connectivity index (χ0v) is 10.7. The third kappa shape index (κ3) is 3.99. The minimum atomic E-state index is -0.984. The predicted molar refractivity (Wildman–Crippen MR) is 65.1 cm³/mol. The molecule has 1 heterocycles. The van der Waals surface area contributed by atoms with E-state index >= 15 is 0 Å². The molecule has 6 heteroatoms. The number of aryl methyl sites for hydroxylation is 1. The second-order valence-corrected chi connectivity index (χ2v) is 4.85. The van der Waals surface area contributed by atoms with Crippen LogP contribution in [0.3, 0.4) is 0 Å². The number of carboxylic acids is 1. The highest BCUT2D eigenvalue weighted by atomic mass is 32.1. The molecule has 1 rings (SSSR count). The lowest BCUT2D eigenvalue weighted by Gasteiger charge is -1.98. The lowest BCUT2D eigenvalue weighted by atomic mass is 10.3. The van der Waals surface area contributed by atoms with Crippen molar-refractivity contribution in [3.63, 3.8) is 0 Å². The molecule has 2 N–H and O–H groups in total. The number of aromatic nitrogens is 1. The standard InChI is InChI=1S/C11H14N2O3S/c1-6(2)4-8(14)12-5-9-13-7(3)10(17-9)11(15)16/h4H,5H2,1-3H3,(H,12,14)(H,15,16). The Kier molecular flexibility index (Phi) is 4.39. The summed E-state index contributed by atoms with van der Waals surface area (Å²) in [5.41, 5.74) is 1.39. The molecule has 0 saturated heterocycles. The van der Waals surface area contributed by atoms with Crippen LogP contribution in [0.25, 0.3) is 0 Å². The summed E-state index contributed by atoms with van der Waals surface area (Å²) in [6.45, 7) is 5.55. The number of aromatic carboxylic acids is 1. The molecule has 0 bridgehead atoms. The van der Waals surface area contributed by atoms with Crippen LogP contribution in [0.4, 0.5) is 0 Å². The molecule has 0 radical (unpaired) electrons. The van der Waals surface area contributed by atoms with Crippen LogP contribution in [0.2, 0.25) is 0 Å². The number of allylic oxidation sites excluding steroid dienone is 1. The molecule has 0 saturated carbocycles. The molecule has 1 aromatic heterocycles. The lowest BCUT2D eigenvalue weighted by Crippen LogP contribution is -2.20. The monoisotopic (exact) mass is 254 g/mol. The minimum absolute atomic E-state index is 0.199. The molecule has 0 aliphatic rings. The van der Waals surface area contributed by atoms with E-state index in [0.717, 1.165) is 16.9 Å². The molecule has 0 aromatic carbocycles. The van der Waals surface area contributed by atoms with Gasteiger partial charge in [-0.15, -0.1) is 11.3 Å². The van der Waals surface area contributed by atoms with Crippen LogP contribution in [0.1, 0.15) is 34.2 Å². The van der Waals surface area contributed by atoms with Gasteiger partial charge in [0.15, 0.2) is 0 Å². The van der Waals surface area contributed by atoms with Crippen molar-refractivity contribution in [3.05, 3.63) is 27.2 Å². The van der Waals surface area contributed by atoms with Gasteiger partial charge in [0, 0.05) is 6.08 Å². The molecule has 0 aliphatic heterocycles. The number of thiazole rings is 1. The molecule has 0 atom stereocenters. The van der Waals surface area contributed by atoms with Gasteiger partial charge in [0.25, 0.3) is 0 Å². The highest BCUT2D eigenvalue weighted by Gasteiger charge is 2.13. The summed E-state index contributed by atoms with van der Waals surface area (Å²) in [6, 6.07) is 0. The maximum Gasteiger partial charge on any atom is 0.347 e. The van der Waals surface area contributed by atoms with E-state index in [1.165, 1.54) is 6.08 Å². The number of hydrogen-bond acceptors (Lipinski definition) is 4. The first-order valence-corrected chi connectivity index (χ1v) is 5.84. The Labute approximate surface area is 103 Å². The first-order valence-electron chi connectivity index (χ1n) is 5.02. The highest BCUT2D eigenvalue weighted by Crippen LogP contribution is 2.17. The lowest BCUT2D eigenvalue weighted by molar-refractivity contribution is -0.116. The Morgan fingerprint density at radius 2 is 2.12 bits per heavy atom. The zero-order chi connectivity index (χ0) is 13.0. The van der Waals surface area contributed by atoms with Crippen LogP contribution < -0.4 is 5.32 Å². The summed E-state index contributed by atoms with van der Waals surface area (Å²) in [5.74, 6) is -1.18. The van der Waals surface area contributed by atoms with Gasteiger partial charge in [0.05, 0.1) is 12.2 Å². The molecular weight excluding hydrogens is 240 g/mol. The van der Waals surface area contributed by atoms with E-state index in [1.54, 1.807) is 6.92 Å².